The molecular weight excluding hydrogens is 408 g/mol. The first-order chi connectivity index (χ1) is 9.72. The van der Waals surface area contributed by atoms with Gasteiger partial charge in [0.2, 0.25) is 0 Å². The minimum Gasteiger partial charge on any atom is -0.375 e. The number of nitrogens with zero attached hydrogens (tertiary/aromatic N) is 1. The van der Waals surface area contributed by atoms with E-state index in [1.807, 2.05) is 0 Å². The van der Waals surface area contributed by atoms with E-state index < -0.39 is 20.8 Å². The van der Waals surface area contributed by atoms with Crippen LogP contribution in [-0.4, -0.2) is 13.4 Å². The molecule has 112 valence electrons. The van der Waals surface area contributed by atoms with E-state index in [-0.39, 0.29) is 15.9 Å². The molecule has 0 fully saturated rings. The predicted octanol–water partition coefficient (Wildman–Crippen LogP) is 4.37. The van der Waals surface area contributed by atoms with Crippen molar-refractivity contribution in [3.8, 4) is 5.75 Å². The van der Waals surface area contributed by atoms with Crippen molar-refractivity contribution in [2.24, 2.45) is 0 Å². The summed E-state index contributed by atoms with van der Waals surface area (Å²) in [5.41, 5.74) is 0.424. The third-order valence-electron chi connectivity index (χ3n) is 2.53. The highest BCUT2D eigenvalue weighted by Crippen LogP contribution is 2.34. The highest BCUT2D eigenvalue weighted by Gasteiger charge is 2.24. The minimum absolute atomic E-state index is 0.0739. The first kappa shape index (κ1) is 16.5. The average molecular weight is 415 g/mol. The van der Waals surface area contributed by atoms with Gasteiger partial charge in [-0.05, 0) is 41.1 Å². The van der Waals surface area contributed by atoms with Crippen molar-refractivity contribution in [1.29, 1.82) is 0 Å². The fourth-order valence-electron chi connectivity index (χ4n) is 1.46. The van der Waals surface area contributed by atoms with Crippen LogP contribution in [0.2, 0.25) is 10.2 Å². The molecule has 0 aliphatic heterocycles. The summed E-state index contributed by atoms with van der Waals surface area (Å²) in [6.07, 6.45) is 1.40. The number of halogens is 4. The second kappa shape index (κ2) is 6.08. The number of rotatable bonds is 3. The predicted molar refractivity (Wildman–Crippen MR) is 80.9 cm³/mol. The number of aromatic nitrogens is 1. The molecule has 0 unspecified atom stereocenters. The van der Waals surface area contributed by atoms with E-state index in [1.54, 1.807) is 6.92 Å². The lowest BCUT2D eigenvalue weighted by Gasteiger charge is -2.12. The lowest BCUT2D eigenvalue weighted by Crippen LogP contribution is -2.13. The Balaban J connectivity index is 2.50. The fraction of sp³-hybridized carbons (Fsp3) is 0.0833. The summed E-state index contributed by atoms with van der Waals surface area (Å²) in [7, 11) is -4.40. The van der Waals surface area contributed by atoms with Gasteiger partial charge in [0.05, 0.1) is 0 Å². The fourth-order valence-corrected chi connectivity index (χ4v) is 3.22. The van der Waals surface area contributed by atoms with Gasteiger partial charge >= 0.3 is 10.1 Å². The Morgan fingerprint density at radius 2 is 2.00 bits per heavy atom. The molecule has 1 aromatic carbocycles. The molecule has 0 aliphatic rings. The maximum atomic E-state index is 13.7. The number of hydrogen-bond donors (Lipinski definition) is 0. The summed E-state index contributed by atoms with van der Waals surface area (Å²) in [5.74, 6) is -1.18. The number of hydrogen-bond acceptors (Lipinski definition) is 4. The molecule has 0 aliphatic carbocycles. The molecule has 0 amide bonds. The Kier molecular flexibility index (Phi) is 4.77. The van der Waals surface area contributed by atoms with Crippen molar-refractivity contribution in [3.05, 3.63) is 50.4 Å². The first-order valence-corrected chi connectivity index (χ1v) is 8.38. The van der Waals surface area contributed by atoms with Gasteiger partial charge in [-0.1, -0.05) is 23.2 Å². The van der Waals surface area contributed by atoms with E-state index in [2.05, 4.69) is 20.9 Å². The van der Waals surface area contributed by atoms with Gasteiger partial charge < -0.3 is 4.18 Å². The average Bonchev–Trinajstić information content (AvgIpc) is 2.39. The third kappa shape index (κ3) is 3.48. The number of benzene rings is 1. The van der Waals surface area contributed by atoms with E-state index in [0.29, 0.717) is 10.0 Å². The van der Waals surface area contributed by atoms with E-state index in [4.69, 9.17) is 27.4 Å². The van der Waals surface area contributed by atoms with Gasteiger partial charge in [0.1, 0.15) is 10.7 Å². The van der Waals surface area contributed by atoms with Crippen LogP contribution in [0.1, 0.15) is 5.56 Å². The van der Waals surface area contributed by atoms with E-state index in [0.717, 1.165) is 12.1 Å². The molecule has 1 heterocycles. The molecule has 0 bridgehead atoms. The van der Waals surface area contributed by atoms with Gasteiger partial charge in [-0.15, -0.1) is 0 Å². The Morgan fingerprint density at radius 1 is 1.33 bits per heavy atom. The summed E-state index contributed by atoms with van der Waals surface area (Å²) in [5, 5.41) is -0.0709. The maximum Gasteiger partial charge on any atom is 0.342 e. The van der Waals surface area contributed by atoms with Crippen LogP contribution in [0.15, 0.2) is 33.8 Å². The van der Waals surface area contributed by atoms with Gasteiger partial charge in [0.15, 0.2) is 10.9 Å². The lowest BCUT2D eigenvalue weighted by molar-refractivity contribution is 0.473. The van der Waals surface area contributed by atoms with Crippen molar-refractivity contribution in [2.75, 3.05) is 0 Å². The van der Waals surface area contributed by atoms with Crippen LogP contribution >= 0.6 is 39.1 Å². The normalized spacial score (nSPS) is 11.5. The Labute approximate surface area is 139 Å². The second-order valence-electron chi connectivity index (χ2n) is 3.96. The summed E-state index contributed by atoms with van der Waals surface area (Å²) >= 11 is 14.6. The third-order valence-corrected chi connectivity index (χ3v) is 5.09. The first-order valence-electron chi connectivity index (χ1n) is 5.42. The molecule has 2 aromatic rings. The molecule has 0 radical (unpaired) electrons. The van der Waals surface area contributed by atoms with Crippen molar-refractivity contribution in [3.63, 3.8) is 0 Å². The molecule has 0 saturated carbocycles. The van der Waals surface area contributed by atoms with Crippen molar-refractivity contribution in [2.45, 2.75) is 11.8 Å². The topological polar surface area (TPSA) is 56.3 Å². The van der Waals surface area contributed by atoms with Gasteiger partial charge in [-0.3, -0.25) is 0 Å². The molecule has 1 aromatic heterocycles. The molecule has 0 atom stereocenters. The molecule has 2 rings (SSSR count). The monoisotopic (exact) mass is 413 g/mol. The summed E-state index contributed by atoms with van der Waals surface area (Å²) in [6.45, 7) is 1.58. The zero-order valence-corrected chi connectivity index (χ0v) is 14.3. The zero-order valence-electron chi connectivity index (χ0n) is 10.4. The van der Waals surface area contributed by atoms with Crippen LogP contribution in [0, 0.1) is 12.7 Å². The molecule has 0 spiro atoms. The smallest absolute Gasteiger partial charge is 0.342 e. The quantitative estimate of drug-likeness (QED) is 0.552. The molecular formula is C12H7BrCl2FNO3S. The SMILES string of the molecule is Cc1c(Br)cnc(Cl)c1OS(=O)(=O)c1ccc(Cl)cc1F. The van der Waals surface area contributed by atoms with Crippen molar-refractivity contribution >= 4 is 49.2 Å². The van der Waals surface area contributed by atoms with Crippen LogP contribution in [0.3, 0.4) is 0 Å². The molecule has 0 N–H and O–H groups in total. The van der Waals surface area contributed by atoms with Crippen LogP contribution in [-0.2, 0) is 10.1 Å². The van der Waals surface area contributed by atoms with E-state index >= 15 is 0 Å². The highest BCUT2D eigenvalue weighted by atomic mass is 79.9. The molecule has 9 heteroatoms. The lowest BCUT2D eigenvalue weighted by atomic mass is 10.3. The Morgan fingerprint density at radius 3 is 2.62 bits per heavy atom. The molecule has 0 saturated heterocycles. The minimum atomic E-state index is -4.40. The van der Waals surface area contributed by atoms with Gasteiger partial charge in [0.25, 0.3) is 0 Å². The van der Waals surface area contributed by atoms with Crippen LogP contribution in [0.4, 0.5) is 4.39 Å². The van der Waals surface area contributed by atoms with Crippen molar-refractivity contribution in [1.82, 2.24) is 4.98 Å². The Hall–Kier alpha value is -0.890. The standard InChI is InChI=1S/C12H7BrCl2FNO3S/c1-6-8(13)5-17-12(15)11(6)20-21(18,19)10-3-2-7(14)4-9(10)16/h2-5H,1H3. The largest absolute Gasteiger partial charge is 0.375 e. The van der Waals surface area contributed by atoms with E-state index in [9.17, 15) is 12.8 Å². The van der Waals surface area contributed by atoms with Gasteiger partial charge in [0, 0.05) is 21.3 Å². The highest BCUT2D eigenvalue weighted by molar-refractivity contribution is 9.10. The zero-order chi connectivity index (χ0) is 15.8. The van der Waals surface area contributed by atoms with Gasteiger partial charge in [-0.2, -0.15) is 8.42 Å². The van der Waals surface area contributed by atoms with Crippen LogP contribution in [0.5, 0.6) is 5.75 Å². The van der Waals surface area contributed by atoms with E-state index in [1.165, 1.54) is 12.3 Å². The summed E-state index contributed by atoms with van der Waals surface area (Å²) in [6, 6.07) is 3.14. The van der Waals surface area contributed by atoms with Crippen LogP contribution in [0.25, 0.3) is 0 Å². The number of pyridine rings is 1. The van der Waals surface area contributed by atoms with Crippen LogP contribution < -0.4 is 4.18 Å². The second-order valence-corrected chi connectivity index (χ2v) is 7.13. The summed E-state index contributed by atoms with van der Waals surface area (Å²) < 4.78 is 43.4. The maximum absolute atomic E-state index is 13.7. The van der Waals surface area contributed by atoms with Gasteiger partial charge in [-0.25, -0.2) is 9.37 Å². The molecule has 21 heavy (non-hydrogen) atoms. The summed E-state index contributed by atoms with van der Waals surface area (Å²) in [4.78, 5) is 3.13. The van der Waals surface area contributed by atoms with Crippen molar-refractivity contribution < 1.29 is 17.0 Å². The molecule has 4 nitrogen and oxygen atoms in total. The Bertz CT molecular complexity index is 814.